The van der Waals surface area contributed by atoms with Crippen LogP contribution in [0.3, 0.4) is 0 Å². The lowest BCUT2D eigenvalue weighted by Gasteiger charge is -2.10. The zero-order valence-electron chi connectivity index (χ0n) is 9.70. The van der Waals surface area contributed by atoms with E-state index in [1.54, 1.807) is 0 Å². The van der Waals surface area contributed by atoms with Crippen molar-refractivity contribution in [2.45, 2.75) is 19.3 Å². The Labute approximate surface area is 98.3 Å². The van der Waals surface area contributed by atoms with E-state index in [2.05, 4.69) is 4.74 Å². The molecule has 1 rings (SSSR count). The Morgan fingerprint density at radius 1 is 1.35 bits per heavy atom. The van der Waals surface area contributed by atoms with Gasteiger partial charge in [0.15, 0.2) is 0 Å². The summed E-state index contributed by atoms with van der Waals surface area (Å²) in [5, 5.41) is 0. The first kappa shape index (κ1) is 13.4. The summed E-state index contributed by atoms with van der Waals surface area (Å²) in [6.45, 7) is 0. The Kier molecular flexibility index (Phi) is 4.87. The van der Waals surface area contributed by atoms with E-state index in [4.69, 9.17) is 4.74 Å². The van der Waals surface area contributed by atoms with Gasteiger partial charge in [-0.25, -0.2) is 8.78 Å². The first-order valence-electron chi connectivity index (χ1n) is 5.10. The van der Waals surface area contributed by atoms with E-state index in [0.29, 0.717) is 17.7 Å². The van der Waals surface area contributed by atoms with Gasteiger partial charge in [-0.1, -0.05) is 0 Å². The number of benzene rings is 1. The van der Waals surface area contributed by atoms with Gasteiger partial charge in [0.05, 0.1) is 14.2 Å². The highest BCUT2D eigenvalue weighted by Crippen LogP contribution is 2.26. The SMILES string of the molecule is COC(=O)CCc1cc(C(F)F)ccc1OC. The van der Waals surface area contributed by atoms with Crippen LogP contribution in [0.4, 0.5) is 8.78 Å². The second-order valence-corrected chi connectivity index (χ2v) is 3.45. The highest BCUT2D eigenvalue weighted by Gasteiger charge is 2.12. The molecule has 0 bridgehead atoms. The molecule has 0 aromatic heterocycles. The van der Waals surface area contributed by atoms with Gasteiger partial charge >= 0.3 is 5.97 Å². The Morgan fingerprint density at radius 2 is 2.06 bits per heavy atom. The van der Waals surface area contributed by atoms with Gasteiger partial charge in [0.1, 0.15) is 5.75 Å². The van der Waals surface area contributed by atoms with E-state index in [-0.39, 0.29) is 18.0 Å². The third-order valence-electron chi connectivity index (χ3n) is 2.38. The summed E-state index contributed by atoms with van der Waals surface area (Å²) in [6.07, 6.45) is -2.08. The second-order valence-electron chi connectivity index (χ2n) is 3.45. The van der Waals surface area contributed by atoms with Crippen LogP contribution in [0.5, 0.6) is 5.75 Å². The molecule has 3 nitrogen and oxygen atoms in total. The van der Waals surface area contributed by atoms with Crippen LogP contribution in [-0.2, 0) is 16.0 Å². The molecule has 0 saturated heterocycles. The number of hydrogen-bond acceptors (Lipinski definition) is 3. The Morgan fingerprint density at radius 3 is 2.59 bits per heavy atom. The first-order valence-corrected chi connectivity index (χ1v) is 5.10. The minimum absolute atomic E-state index is 0.0781. The van der Waals surface area contributed by atoms with Crippen molar-refractivity contribution in [1.29, 1.82) is 0 Å². The molecule has 0 unspecified atom stereocenters. The topological polar surface area (TPSA) is 35.5 Å². The fourth-order valence-corrected chi connectivity index (χ4v) is 1.47. The van der Waals surface area contributed by atoms with Gasteiger partial charge in [-0.15, -0.1) is 0 Å². The zero-order valence-corrected chi connectivity index (χ0v) is 9.70. The predicted octanol–water partition coefficient (Wildman–Crippen LogP) is 2.74. The van der Waals surface area contributed by atoms with Crippen LogP contribution in [-0.4, -0.2) is 20.2 Å². The fourth-order valence-electron chi connectivity index (χ4n) is 1.47. The van der Waals surface area contributed by atoms with Gasteiger partial charge in [-0.2, -0.15) is 0 Å². The zero-order chi connectivity index (χ0) is 12.8. The molecule has 0 saturated carbocycles. The molecule has 0 spiro atoms. The molecule has 94 valence electrons. The molecule has 0 aliphatic heterocycles. The fraction of sp³-hybridized carbons (Fsp3) is 0.417. The molecule has 0 N–H and O–H groups in total. The number of halogens is 2. The lowest BCUT2D eigenvalue weighted by atomic mass is 10.1. The Bertz CT molecular complexity index is 391. The van der Waals surface area contributed by atoms with Gasteiger partial charge in [-0.3, -0.25) is 4.79 Å². The smallest absolute Gasteiger partial charge is 0.305 e. The predicted molar refractivity (Wildman–Crippen MR) is 58.3 cm³/mol. The quantitative estimate of drug-likeness (QED) is 0.747. The maximum atomic E-state index is 12.5. The van der Waals surface area contributed by atoms with E-state index in [9.17, 15) is 13.6 Å². The molecular formula is C12H14F2O3. The van der Waals surface area contributed by atoms with Crippen molar-refractivity contribution in [1.82, 2.24) is 0 Å². The summed E-state index contributed by atoms with van der Waals surface area (Å²) in [5.74, 6) is 0.118. The van der Waals surface area contributed by atoms with Crippen molar-refractivity contribution in [3.05, 3.63) is 29.3 Å². The van der Waals surface area contributed by atoms with Crippen molar-refractivity contribution in [3.8, 4) is 5.75 Å². The number of carbonyl (C=O) groups is 1. The molecular weight excluding hydrogens is 230 g/mol. The van der Waals surface area contributed by atoms with E-state index in [1.807, 2.05) is 0 Å². The number of esters is 1. The number of rotatable bonds is 5. The van der Waals surface area contributed by atoms with Crippen LogP contribution < -0.4 is 4.74 Å². The monoisotopic (exact) mass is 244 g/mol. The summed E-state index contributed by atoms with van der Waals surface area (Å²) >= 11 is 0. The van der Waals surface area contributed by atoms with Crippen LogP contribution in [0.2, 0.25) is 0 Å². The molecule has 0 aliphatic carbocycles. The minimum Gasteiger partial charge on any atom is -0.496 e. The standard InChI is InChI=1S/C12H14F2O3/c1-16-10-5-3-9(12(13)14)7-8(10)4-6-11(15)17-2/h3,5,7,12H,4,6H2,1-2H3. The van der Waals surface area contributed by atoms with Crippen LogP contribution in [0.1, 0.15) is 24.0 Å². The van der Waals surface area contributed by atoms with E-state index >= 15 is 0 Å². The number of hydrogen-bond donors (Lipinski definition) is 0. The van der Waals surface area contributed by atoms with E-state index < -0.39 is 6.43 Å². The molecule has 0 heterocycles. The van der Waals surface area contributed by atoms with Crippen molar-refractivity contribution < 1.29 is 23.0 Å². The first-order chi connectivity index (χ1) is 8.08. The van der Waals surface area contributed by atoms with Gasteiger partial charge in [-0.05, 0) is 30.2 Å². The lowest BCUT2D eigenvalue weighted by molar-refractivity contribution is -0.140. The maximum absolute atomic E-state index is 12.5. The summed E-state index contributed by atoms with van der Waals surface area (Å²) in [6, 6.07) is 4.14. The van der Waals surface area contributed by atoms with Gasteiger partial charge in [0.25, 0.3) is 6.43 Å². The van der Waals surface area contributed by atoms with Gasteiger partial charge in [0.2, 0.25) is 0 Å². The third kappa shape index (κ3) is 3.69. The van der Waals surface area contributed by atoms with Crippen LogP contribution in [0.25, 0.3) is 0 Å². The van der Waals surface area contributed by atoms with Gasteiger partial charge < -0.3 is 9.47 Å². The normalized spacial score (nSPS) is 10.4. The largest absolute Gasteiger partial charge is 0.496 e. The molecule has 17 heavy (non-hydrogen) atoms. The second kappa shape index (κ2) is 6.18. The Hall–Kier alpha value is -1.65. The number of alkyl halides is 2. The summed E-state index contributed by atoms with van der Waals surface area (Å²) < 4.78 is 34.6. The number of aryl methyl sites for hydroxylation is 1. The average Bonchev–Trinajstić information content (AvgIpc) is 2.35. The maximum Gasteiger partial charge on any atom is 0.305 e. The van der Waals surface area contributed by atoms with Crippen LogP contribution in [0.15, 0.2) is 18.2 Å². The van der Waals surface area contributed by atoms with Crippen molar-refractivity contribution in [2.75, 3.05) is 14.2 Å². The molecule has 5 heteroatoms. The molecule has 0 fully saturated rings. The summed E-state index contributed by atoms with van der Waals surface area (Å²) in [5.41, 5.74) is 0.501. The highest BCUT2D eigenvalue weighted by molar-refractivity contribution is 5.69. The van der Waals surface area contributed by atoms with Crippen molar-refractivity contribution >= 4 is 5.97 Å². The Balaban J connectivity index is 2.86. The molecule has 1 aromatic carbocycles. The van der Waals surface area contributed by atoms with Crippen molar-refractivity contribution in [3.63, 3.8) is 0 Å². The minimum atomic E-state index is -2.53. The molecule has 0 amide bonds. The number of carbonyl (C=O) groups excluding carboxylic acids is 1. The van der Waals surface area contributed by atoms with Gasteiger partial charge in [0, 0.05) is 12.0 Å². The van der Waals surface area contributed by atoms with E-state index in [1.165, 1.54) is 32.4 Å². The summed E-state index contributed by atoms with van der Waals surface area (Å²) in [7, 11) is 2.74. The molecule has 1 aromatic rings. The highest BCUT2D eigenvalue weighted by atomic mass is 19.3. The lowest BCUT2D eigenvalue weighted by Crippen LogP contribution is -2.03. The summed E-state index contributed by atoms with van der Waals surface area (Å²) in [4.78, 5) is 11.0. The van der Waals surface area contributed by atoms with Crippen LogP contribution in [0, 0.1) is 0 Å². The van der Waals surface area contributed by atoms with E-state index in [0.717, 1.165) is 0 Å². The molecule has 0 aliphatic rings. The number of methoxy groups -OCH3 is 2. The third-order valence-corrected chi connectivity index (χ3v) is 2.38. The molecule has 0 radical (unpaired) electrons. The molecule has 0 atom stereocenters. The number of ether oxygens (including phenoxy) is 2. The van der Waals surface area contributed by atoms with Crippen LogP contribution >= 0.6 is 0 Å². The average molecular weight is 244 g/mol. The van der Waals surface area contributed by atoms with Crippen molar-refractivity contribution in [2.24, 2.45) is 0 Å².